The van der Waals surface area contributed by atoms with Gasteiger partial charge in [0.1, 0.15) is 0 Å². The van der Waals surface area contributed by atoms with Crippen LogP contribution in [0.25, 0.3) is 0 Å². The van der Waals surface area contributed by atoms with E-state index >= 15 is 0 Å². The van der Waals surface area contributed by atoms with Crippen molar-refractivity contribution in [1.82, 2.24) is 15.5 Å². The van der Waals surface area contributed by atoms with Gasteiger partial charge in [0, 0.05) is 49.1 Å². The lowest BCUT2D eigenvalue weighted by atomic mass is 9.94. The minimum absolute atomic E-state index is 0.267. The minimum Gasteiger partial charge on any atom is -0.463 e. The molecule has 0 aliphatic carbocycles. The number of nitrogens with zero attached hydrogens (tertiary/aromatic N) is 2. The summed E-state index contributed by atoms with van der Waals surface area (Å²) in [6.07, 6.45) is 0.922. The number of nitrogens with one attached hydrogen (secondary N) is 2. The second-order valence-corrected chi connectivity index (χ2v) is 8.92. The highest BCUT2D eigenvalue weighted by Gasteiger charge is 2.34. The van der Waals surface area contributed by atoms with E-state index in [1.54, 1.807) is 6.92 Å². The predicted octanol–water partition coefficient (Wildman–Crippen LogP) is 3.90. The first-order valence-corrected chi connectivity index (χ1v) is 12.2. The molecule has 34 heavy (non-hydrogen) atoms. The van der Waals surface area contributed by atoms with E-state index in [1.807, 2.05) is 42.5 Å². The van der Waals surface area contributed by atoms with Crippen molar-refractivity contribution in [3.63, 3.8) is 0 Å². The van der Waals surface area contributed by atoms with Crippen LogP contribution in [0, 0.1) is 0 Å². The molecule has 2 heterocycles. The van der Waals surface area contributed by atoms with Crippen LogP contribution in [0.4, 0.5) is 10.5 Å². The van der Waals surface area contributed by atoms with Gasteiger partial charge in [0.25, 0.3) is 0 Å². The molecular weight excluding hydrogens is 452 g/mol. The Balaban J connectivity index is 1.55. The van der Waals surface area contributed by atoms with Crippen LogP contribution < -0.4 is 15.5 Å². The first kappa shape index (κ1) is 24.1. The van der Waals surface area contributed by atoms with E-state index in [0.717, 1.165) is 48.9 Å². The van der Waals surface area contributed by atoms with Gasteiger partial charge in [0.05, 0.1) is 18.2 Å². The Morgan fingerprint density at radius 3 is 2.47 bits per heavy atom. The van der Waals surface area contributed by atoms with Gasteiger partial charge in [-0.2, -0.15) is 0 Å². The fraction of sp³-hybridized carbons (Fsp3) is 0.385. The molecule has 0 unspecified atom stereocenters. The van der Waals surface area contributed by atoms with Gasteiger partial charge < -0.3 is 20.3 Å². The molecule has 2 aromatic carbocycles. The summed E-state index contributed by atoms with van der Waals surface area (Å²) in [5, 5.41) is 6.52. The Hall–Kier alpha value is -3.03. The molecule has 2 N–H and O–H groups in total. The van der Waals surface area contributed by atoms with E-state index in [9.17, 15) is 9.59 Å². The lowest BCUT2D eigenvalue weighted by molar-refractivity contribution is -0.139. The molecule has 1 atom stereocenters. The molecule has 0 aromatic heterocycles. The Bertz CT molecular complexity index is 1060. The van der Waals surface area contributed by atoms with Crippen molar-refractivity contribution in [2.24, 2.45) is 0 Å². The molecule has 1 fully saturated rings. The van der Waals surface area contributed by atoms with Gasteiger partial charge >= 0.3 is 12.0 Å². The summed E-state index contributed by atoms with van der Waals surface area (Å²) < 4.78 is 5.39. The first-order valence-electron chi connectivity index (χ1n) is 11.8. The summed E-state index contributed by atoms with van der Waals surface area (Å²) >= 11 is 6.15. The maximum atomic E-state index is 13.0. The molecule has 2 amide bonds. The summed E-state index contributed by atoms with van der Waals surface area (Å²) in [6.45, 7) is 7.87. The van der Waals surface area contributed by atoms with Gasteiger partial charge in [-0.15, -0.1) is 0 Å². The molecule has 2 aromatic rings. The number of piperazine rings is 1. The van der Waals surface area contributed by atoms with Crippen LogP contribution in [0.5, 0.6) is 0 Å². The summed E-state index contributed by atoms with van der Waals surface area (Å²) in [4.78, 5) is 30.1. The van der Waals surface area contributed by atoms with Crippen LogP contribution in [-0.4, -0.2) is 56.2 Å². The second-order valence-electron chi connectivity index (χ2n) is 8.48. The number of anilines is 1. The molecule has 1 saturated heterocycles. The maximum Gasteiger partial charge on any atom is 0.338 e. The van der Waals surface area contributed by atoms with Gasteiger partial charge in [-0.1, -0.05) is 48.9 Å². The average molecular weight is 483 g/mol. The largest absolute Gasteiger partial charge is 0.463 e. The van der Waals surface area contributed by atoms with Crippen molar-refractivity contribution in [1.29, 1.82) is 0 Å². The van der Waals surface area contributed by atoms with Crippen molar-refractivity contribution in [3.8, 4) is 0 Å². The zero-order chi connectivity index (χ0) is 24.1. The van der Waals surface area contributed by atoms with E-state index in [4.69, 9.17) is 16.3 Å². The molecule has 8 heteroatoms. The number of carbonyl (C=O) groups excluding carboxylic acids is 2. The lowest BCUT2D eigenvalue weighted by Crippen LogP contribution is -2.51. The van der Waals surface area contributed by atoms with Crippen LogP contribution in [-0.2, 0) is 16.0 Å². The number of halogens is 1. The van der Waals surface area contributed by atoms with E-state index in [2.05, 4.69) is 33.4 Å². The van der Waals surface area contributed by atoms with Gasteiger partial charge in [-0.25, -0.2) is 9.59 Å². The number of ether oxygens (including phenoxy) is 1. The van der Waals surface area contributed by atoms with Crippen LogP contribution in [0.15, 0.2) is 59.8 Å². The molecule has 0 bridgehead atoms. The fourth-order valence-electron chi connectivity index (χ4n) is 4.45. The van der Waals surface area contributed by atoms with Crippen LogP contribution in [0.3, 0.4) is 0 Å². The molecule has 2 aliphatic rings. The van der Waals surface area contributed by atoms with Gasteiger partial charge in [0.15, 0.2) is 0 Å². The number of hydrogen-bond donors (Lipinski definition) is 2. The molecule has 0 saturated carbocycles. The van der Waals surface area contributed by atoms with Crippen molar-refractivity contribution in [2.45, 2.75) is 26.3 Å². The zero-order valence-electron chi connectivity index (χ0n) is 19.6. The number of rotatable bonds is 7. The van der Waals surface area contributed by atoms with E-state index in [0.29, 0.717) is 17.8 Å². The Morgan fingerprint density at radius 2 is 1.82 bits per heavy atom. The standard InChI is InChI=1S/C26H31ClN4O3/c1-3-18-8-10-19(11-9-18)24-23(25(32)34-4-2)22(28-26(33)29-24)17-30-12-14-31(15-13-30)21-7-5-6-20(27)16-21/h5-11,16,24H,3-4,12-15,17H2,1-2H3,(H2,28,29,33)/t24-/m0/s1. The summed E-state index contributed by atoms with van der Waals surface area (Å²) in [5.41, 5.74) is 4.22. The van der Waals surface area contributed by atoms with Gasteiger partial charge in [-0.3, -0.25) is 4.90 Å². The molecule has 4 rings (SSSR count). The Kier molecular flexibility index (Phi) is 7.75. The fourth-order valence-corrected chi connectivity index (χ4v) is 4.63. The number of hydrogen-bond acceptors (Lipinski definition) is 5. The number of amides is 2. The molecule has 180 valence electrons. The average Bonchev–Trinajstić information content (AvgIpc) is 2.84. The van der Waals surface area contributed by atoms with E-state index in [1.165, 1.54) is 5.56 Å². The molecule has 0 radical (unpaired) electrons. The quantitative estimate of drug-likeness (QED) is 0.585. The predicted molar refractivity (Wildman–Crippen MR) is 134 cm³/mol. The van der Waals surface area contributed by atoms with Crippen molar-refractivity contribution < 1.29 is 14.3 Å². The van der Waals surface area contributed by atoms with Crippen molar-refractivity contribution in [3.05, 3.63) is 76.0 Å². The second kappa shape index (κ2) is 10.9. The Morgan fingerprint density at radius 1 is 1.09 bits per heavy atom. The smallest absolute Gasteiger partial charge is 0.338 e. The third-order valence-corrected chi connectivity index (χ3v) is 6.53. The number of esters is 1. The summed E-state index contributed by atoms with van der Waals surface area (Å²) in [7, 11) is 0. The third kappa shape index (κ3) is 5.54. The molecule has 0 spiro atoms. The molecule has 7 nitrogen and oxygen atoms in total. The van der Waals surface area contributed by atoms with Crippen molar-refractivity contribution in [2.75, 3.05) is 44.2 Å². The third-order valence-electron chi connectivity index (χ3n) is 6.30. The maximum absolute atomic E-state index is 13.0. The lowest BCUT2D eigenvalue weighted by Gasteiger charge is -2.38. The van der Waals surface area contributed by atoms with E-state index < -0.39 is 12.0 Å². The summed E-state index contributed by atoms with van der Waals surface area (Å²) in [6, 6.07) is 15.0. The van der Waals surface area contributed by atoms with Crippen LogP contribution >= 0.6 is 11.6 Å². The molecule has 2 aliphatic heterocycles. The van der Waals surface area contributed by atoms with E-state index in [-0.39, 0.29) is 12.6 Å². The number of carbonyl (C=O) groups is 2. The highest BCUT2D eigenvalue weighted by Crippen LogP contribution is 2.29. The number of benzene rings is 2. The van der Waals surface area contributed by atoms with Gasteiger partial charge in [-0.05, 0) is 42.7 Å². The normalized spacial score (nSPS) is 19.0. The summed E-state index contributed by atoms with van der Waals surface area (Å²) in [5.74, 6) is -0.410. The number of urea groups is 1. The SMILES string of the molecule is CCOC(=O)C1=C(CN2CCN(c3cccc(Cl)c3)CC2)NC(=O)N[C@H]1c1ccc(CC)cc1. The van der Waals surface area contributed by atoms with Crippen molar-refractivity contribution >= 4 is 29.3 Å². The highest BCUT2D eigenvalue weighted by atomic mass is 35.5. The first-order chi connectivity index (χ1) is 16.5. The van der Waals surface area contributed by atoms with Crippen LogP contribution in [0.1, 0.15) is 31.0 Å². The monoisotopic (exact) mass is 482 g/mol. The van der Waals surface area contributed by atoms with Crippen LogP contribution in [0.2, 0.25) is 5.02 Å². The number of aryl methyl sites for hydroxylation is 1. The minimum atomic E-state index is -0.554. The van der Waals surface area contributed by atoms with Gasteiger partial charge in [0.2, 0.25) is 0 Å². The topological polar surface area (TPSA) is 73.9 Å². The molecular formula is C26H31ClN4O3. The Labute approximate surface area is 205 Å². The highest BCUT2D eigenvalue weighted by molar-refractivity contribution is 6.30. The zero-order valence-corrected chi connectivity index (χ0v) is 20.4.